The number of amides is 1. The molecule has 0 bridgehead atoms. The van der Waals surface area contributed by atoms with Crippen molar-refractivity contribution in [2.45, 2.75) is 46.3 Å². The number of nitrogens with zero attached hydrogens (tertiary/aromatic N) is 1. The minimum Gasteiger partial charge on any atom is -0.493 e. The van der Waals surface area contributed by atoms with Crippen molar-refractivity contribution in [3.63, 3.8) is 0 Å². The molecule has 1 aliphatic rings. The molecule has 1 atom stereocenters. The van der Waals surface area contributed by atoms with E-state index < -0.39 is 0 Å². The van der Waals surface area contributed by atoms with Crippen molar-refractivity contribution in [1.82, 2.24) is 4.90 Å². The van der Waals surface area contributed by atoms with Crippen LogP contribution < -0.4 is 9.47 Å². The van der Waals surface area contributed by atoms with Gasteiger partial charge in [0.15, 0.2) is 17.7 Å². The molecule has 1 aromatic rings. The van der Waals surface area contributed by atoms with E-state index in [0.29, 0.717) is 18.1 Å². The van der Waals surface area contributed by atoms with Crippen LogP contribution in [0.5, 0.6) is 11.5 Å². The van der Waals surface area contributed by atoms with Gasteiger partial charge < -0.3 is 19.1 Å². The van der Waals surface area contributed by atoms with Gasteiger partial charge in [-0.2, -0.15) is 0 Å². The van der Waals surface area contributed by atoms with Gasteiger partial charge in [0, 0.05) is 12.1 Å². The van der Waals surface area contributed by atoms with Crippen LogP contribution in [0.3, 0.4) is 0 Å². The molecule has 1 aliphatic heterocycles. The number of hydrogen-bond donors (Lipinski definition) is 0. The average molecular weight is 347 g/mol. The van der Waals surface area contributed by atoms with Gasteiger partial charge in [-0.3, -0.25) is 4.79 Å². The van der Waals surface area contributed by atoms with E-state index in [1.807, 2.05) is 36.9 Å². The van der Waals surface area contributed by atoms with E-state index in [4.69, 9.17) is 14.2 Å². The second-order valence-electron chi connectivity index (χ2n) is 6.32. The normalized spacial score (nSPS) is 17.4. The van der Waals surface area contributed by atoms with Crippen molar-refractivity contribution in [3.05, 3.63) is 34.9 Å². The fraction of sp³-hybridized carbons (Fsp3) is 0.550. The third-order valence-electron chi connectivity index (χ3n) is 4.69. The molecule has 1 heterocycles. The molecule has 0 saturated heterocycles. The Bertz CT molecular complexity index is 639. The number of ether oxygens (including phenoxy) is 3. The maximum atomic E-state index is 12.4. The molecule has 1 amide bonds. The van der Waals surface area contributed by atoms with Crippen molar-refractivity contribution in [1.29, 1.82) is 0 Å². The molecule has 0 N–H and O–H groups in total. The van der Waals surface area contributed by atoms with Crippen molar-refractivity contribution in [2.24, 2.45) is 0 Å². The molecule has 5 nitrogen and oxygen atoms in total. The van der Waals surface area contributed by atoms with Gasteiger partial charge in [0.05, 0.1) is 20.8 Å². The Kier molecular flexibility index (Phi) is 6.88. The Morgan fingerprint density at radius 2 is 1.84 bits per heavy atom. The number of benzene rings is 1. The van der Waals surface area contributed by atoms with Crippen LogP contribution in [0.4, 0.5) is 0 Å². The molecular weight excluding hydrogens is 318 g/mol. The topological polar surface area (TPSA) is 48.0 Å². The Hall–Kier alpha value is -2.01. The molecule has 0 aliphatic carbocycles. The number of hydrogen-bond acceptors (Lipinski definition) is 4. The summed E-state index contributed by atoms with van der Waals surface area (Å²) >= 11 is 0. The molecule has 138 valence electrons. The second-order valence-corrected chi connectivity index (χ2v) is 6.32. The van der Waals surface area contributed by atoms with E-state index >= 15 is 0 Å². The van der Waals surface area contributed by atoms with Gasteiger partial charge >= 0.3 is 0 Å². The first-order chi connectivity index (χ1) is 12.0. The summed E-state index contributed by atoms with van der Waals surface area (Å²) in [4.78, 5) is 14.2. The van der Waals surface area contributed by atoms with Gasteiger partial charge in [-0.05, 0) is 50.0 Å². The average Bonchev–Trinajstić information content (AvgIpc) is 2.83. The van der Waals surface area contributed by atoms with Gasteiger partial charge in [-0.1, -0.05) is 19.4 Å². The van der Waals surface area contributed by atoms with Crippen molar-refractivity contribution in [2.75, 3.05) is 27.4 Å². The lowest BCUT2D eigenvalue weighted by Gasteiger charge is -2.26. The summed E-state index contributed by atoms with van der Waals surface area (Å²) in [5.41, 5.74) is 2.95. The van der Waals surface area contributed by atoms with E-state index in [2.05, 4.69) is 6.92 Å². The quantitative estimate of drug-likeness (QED) is 0.685. The Morgan fingerprint density at radius 1 is 1.12 bits per heavy atom. The smallest absolute Gasteiger partial charge is 0.251 e. The SMILES string of the molecule is CCCCN1C(=O)C(C)=C(C)[C@@H]1OCCc1ccc(OC)c(OC)c1. The minimum absolute atomic E-state index is 0.0991. The van der Waals surface area contributed by atoms with Gasteiger partial charge in [0.25, 0.3) is 5.91 Å². The maximum absolute atomic E-state index is 12.4. The molecule has 0 saturated carbocycles. The molecule has 0 radical (unpaired) electrons. The fourth-order valence-corrected chi connectivity index (χ4v) is 3.00. The molecular formula is C20H29NO4. The molecule has 1 aromatic carbocycles. The van der Waals surface area contributed by atoms with Gasteiger partial charge in [0.1, 0.15) is 0 Å². The number of carbonyl (C=O) groups excluding carboxylic acids is 1. The summed E-state index contributed by atoms with van der Waals surface area (Å²) in [6.45, 7) is 7.28. The zero-order valence-electron chi connectivity index (χ0n) is 15.9. The van der Waals surface area contributed by atoms with Crippen LogP contribution in [-0.4, -0.2) is 44.4 Å². The summed E-state index contributed by atoms with van der Waals surface area (Å²) in [7, 11) is 3.25. The first-order valence-corrected chi connectivity index (χ1v) is 8.84. The van der Waals surface area contributed by atoms with Gasteiger partial charge in [-0.25, -0.2) is 0 Å². The molecule has 25 heavy (non-hydrogen) atoms. The Morgan fingerprint density at radius 3 is 2.48 bits per heavy atom. The van der Waals surface area contributed by atoms with Crippen molar-refractivity contribution < 1.29 is 19.0 Å². The van der Waals surface area contributed by atoms with Crippen LogP contribution >= 0.6 is 0 Å². The summed E-state index contributed by atoms with van der Waals surface area (Å²) in [5.74, 6) is 1.53. The lowest BCUT2D eigenvalue weighted by Crippen LogP contribution is -2.38. The molecule has 0 spiro atoms. The lowest BCUT2D eigenvalue weighted by atomic mass is 10.1. The van der Waals surface area contributed by atoms with E-state index in [0.717, 1.165) is 42.5 Å². The molecule has 5 heteroatoms. The number of carbonyl (C=O) groups is 1. The van der Waals surface area contributed by atoms with E-state index in [1.165, 1.54) is 0 Å². The number of methoxy groups -OCH3 is 2. The van der Waals surface area contributed by atoms with E-state index in [9.17, 15) is 4.79 Å². The summed E-state index contributed by atoms with van der Waals surface area (Å²) in [6, 6.07) is 5.87. The molecule has 0 fully saturated rings. The van der Waals surface area contributed by atoms with E-state index in [-0.39, 0.29) is 12.1 Å². The predicted octanol–water partition coefficient (Wildman–Crippen LogP) is 3.57. The van der Waals surface area contributed by atoms with Crippen LogP contribution in [0.1, 0.15) is 39.2 Å². The largest absolute Gasteiger partial charge is 0.493 e. The highest BCUT2D eigenvalue weighted by Crippen LogP contribution is 2.29. The monoisotopic (exact) mass is 347 g/mol. The number of unbranched alkanes of at least 4 members (excludes halogenated alkanes) is 1. The van der Waals surface area contributed by atoms with Crippen LogP contribution in [0, 0.1) is 0 Å². The number of rotatable bonds is 9. The molecule has 0 aromatic heterocycles. The van der Waals surface area contributed by atoms with Crippen LogP contribution in [0.2, 0.25) is 0 Å². The van der Waals surface area contributed by atoms with Crippen LogP contribution in [-0.2, 0) is 16.0 Å². The first kappa shape index (κ1) is 19.3. The van der Waals surface area contributed by atoms with Crippen molar-refractivity contribution in [3.8, 4) is 11.5 Å². The highest BCUT2D eigenvalue weighted by atomic mass is 16.5. The summed E-state index contributed by atoms with van der Waals surface area (Å²) in [6.07, 6.45) is 2.56. The van der Waals surface area contributed by atoms with Gasteiger partial charge in [0.2, 0.25) is 0 Å². The van der Waals surface area contributed by atoms with E-state index in [1.54, 1.807) is 14.2 Å². The third kappa shape index (κ3) is 4.34. The minimum atomic E-state index is -0.237. The van der Waals surface area contributed by atoms with Gasteiger partial charge in [-0.15, -0.1) is 0 Å². The fourth-order valence-electron chi connectivity index (χ4n) is 3.00. The predicted molar refractivity (Wildman–Crippen MR) is 98.0 cm³/mol. The standard InChI is InChI=1S/C20H29NO4/c1-6-7-11-21-19(22)14(2)15(3)20(21)25-12-10-16-8-9-17(23-4)18(13-16)24-5/h8-9,13,20H,6-7,10-12H2,1-5H3/t20-/m0/s1. The highest BCUT2D eigenvalue weighted by Gasteiger charge is 2.34. The molecule has 2 rings (SSSR count). The third-order valence-corrected chi connectivity index (χ3v) is 4.69. The Labute approximate surface area is 150 Å². The van der Waals surface area contributed by atoms with Crippen LogP contribution in [0.15, 0.2) is 29.3 Å². The molecule has 0 unspecified atom stereocenters. The highest BCUT2D eigenvalue weighted by molar-refractivity contribution is 5.96. The first-order valence-electron chi connectivity index (χ1n) is 8.84. The second kappa shape index (κ2) is 8.90. The van der Waals surface area contributed by atoms with Crippen LogP contribution in [0.25, 0.3) is 0 Å². The summed E-state index contributed by atoms with van der Waals surface area (Å²) < 4.78 is 16.7. The van der Waals surface area contributed by atoms with Crippen molar-refractivity contribution >= 4 is 5.91 Å². The zero-order chi connectivity index (χ0) is 18.4. The Balaban J connectivity index is 1.98. The lowest BCUT2D eigenvalue weighted by molar-refractivity contribution is -0.135. The maximum Gasteiger partial charge on any atom is 0.251 e. The zero-order valence-corrected chi connectivity index (χ0v) is 15.9. The summed E-state index contributed by atoms with van der Waals surface area (Å²) in [5, 5.41) is 0.